The second-order valence-electron chi connectivity index (χ2n) is 3.16. The van der Waals surface area contributed by atoms with E-state index in [4.69, 9.17) is 5.73 Å². The van der Waals surface area contributed by atoms with Gasteiger partial charge in [-0.3, -0.25) is 4.79 Å². The number of amides is 1. The molecule has 4 heteroatoms. The Balaban J connectivity index is 2.55. The molecule has 0 aliphatic heterocycles. The first-order valence-electron chi connectivity index (χ1n) is 4.33. The lowest BCUT2D eigenvalue weighted by Gasteiger charge is -2.05. The van der Waals surface area contributed by atoms with Gasteiger partial charge in [-0.05, 0) is 24.1 Å². The summed E-state index contributed by atoms with van der Waals surface area (Å²) in [6.45, 7) is 2.88. The molecule has 0 unspecified atom stereocenters. The Morgan fingerprint density at radius 2 is 2.29 bits per heavy atom. The highest BCUT2D eigenvalue weighted by Crippen LogP contribution is 2.17. The summed E-state index contributed by atoms with van der Waals surface area (Å²) in [6, 6.07) is 6.10. The summed E-state index contributed by atoms with van der Waals surface area (Å²) in [4.78, 5) is 10.5. The Bertz CT molecular complexity index is 339. The van der Waals surface area contributed by atoms with E-state index in [1.54, 1.807) is 0 Å². The molecule has 0 spiro atoms. The molecule has 0 saturated carbocycles. The van der Waals surface area contributed by atoms with Gasteiger partial charge < -0.3 is 11.1 Å². The third-order valence-corrected chi connectivity index (χ3v) is 2.56. The number of carbonyl (C=O) groups excluding carboxylic acids is 1. The van der Waals surface area contributed by atoms with Gasteiger partial charge in [0.25, 0.3) is 0 Å². The fourth-order valence-electron chi connectivity index (χ4n) is 1.12. The Kier molecular flexibility index (Phi) is 4.10. The number of nitrogens with one attached hydrogen (secondary N) is 1. The van der Waals surface area contributed by atoms with Crippen LogP contribution in [0.3, 0.4) is 0 Å². The summed E-state index contributed by atoms with van der Waals surface area (Å²) in [6.07, 6.45) is 0. The van der Waals surface area contributed by atoms with Crippen LogP contribution in [0, 0.1) is 6.92 Å². The standard InChI is InChI=1S/C10H13BrN2O/c1-7-2-3-8(9(11)4-7)5-13-6-10(12)14/h2-4,13H,5-6H2,1H3,(H2,12,14). The maximum absolute atomic E-state index is 10.5. The van der Waals surface area contributed by atoms with Crippen molar-refractivity contribution in [3.8, 4) is 0 Å². The smallest absolute Gasteiger partial charge is 0.231 e. The van der Waals surface area contributed by atoms with Crippen LogP contribution in [0.4, 0.5) is 0 Å². The highest BCUT2D eigenvalue weighted by atomic mass is 79.9. The minimum Gasteiger partial charge on any atom is -0.369 e. The molecule has 0 fully saturated rings. The molecule has 0 heterocycles. The van der Waals surface area contributed by atoms with E-state index < -0.39 is 0 Å². The van der Waals surface area contributed by atoms with Crippen LogP contribution in [0.15, 0.2) is 22.7 Å². The summed E-state index contributed by atoms with van der Waals surface area (Å²) >= 11 is 3.46. The predicted octanol–water partition coefficient (Wildman–Crippen LogP) is 1.33. The maximum atomic E-state index is 10.5. The van der Waals surface area contributed by atoms with Crippen LogP contribution in [-0.2, 0) is 11.3 Å². The number of hydrogen-bond acceptors (Lipinski definition) is 2. The second-order valence-corrected chi connectivity index (χ2v) is 4.02. The van der Waals surface area contributed by atoms with Gasteiger partial charge in [-0.25, -0.2) is 0 Å². The van der Waals surface area contributed by atoms with Crippen LogP contribution in [0.1, 0.15) is 11.1 Å². The van der Waals surface area contributed by atoms with Gasteiger partial charge in [0.05, 0.1) is 6.54 Å². The van der Waals surface area contributed by atoms with Gasteiger partial charge in [0.15, 0.2) is 0 Å². The summed E-state index contributed by atoms with van der Waals surface area (Å²) in [7, 11) is 0. The highest BCUT2D eigenvalue weighted by molar-refractivity contribution is 9.10. The first-order chi connectivity index (χ1) is 6.59. The number of hydrogen-bond donors (Lipinski definition) is 2. The number of carbonyl (C=O) groups is 1. The van der Waals surface area contributed by atoms with Gasteiger partial charge in [0, 0.05) is 11.0 Å². The largest absolute Gasteiger partial charge is 0.369 e. The van der Waals surface area contributed by atoms with Crippen molar-refractivity contribution in [2.24, 2.45) is 5.73 Å². The lowest BCUT2D eigenvalue weighted by Crippen LogP contribution is -2.28. The minimum atomic E-state index is -0.340. The van der Waals surface area contributed by atoms with E-state index >= 15 is 0 Å². The van der Waals surface area contributed by atoms with E-state index in [9.17, 15) is 4.79 Å². The number of rotatable bonds is 4. The van der Waals surface area contributed by atoms with E-state index in [-0.39, 0.29) is 12.5 Å². The van der Waals surface area contributed by atoms with Crippen molar-refractivity contribution in [2.45, 2.75) is 13.5 Å². The molecule has 14 heavy (non-hydrogen) atoms. The lowest BCUT2D eigenvalue weighted by atomic mass is 10.1. The topological polar surface area (TPSA) is 55.1 Å². The quantitative estimate of drug-likeness (QED) is 0.855. The molecule has 0 aliphatic rings. The summed E-state index contributed by atoms with van der Waals surface area (Å²) in [5, 5.41) is 2.96. The summed E-state index contributed by atoms with van der Waals surface area (Å²) in [5.74, 6) is -0.340. The molecule has 0 atom stereocenters. The van der Waals surface area contributed by atoms with Gasteiger partial charge in [0.1, 0.15) is 0 Å². The van der Waals surface area contributed by atoms with Crippen molar-refractivity contribution < 1.29 is 4.79 Å². The predicted molar refractivity (Wildman–Crippen MR) is 59.8 cm³/mol. The van der Waals surface area contributed by atoms with E-state index in [2.05, 4.69) is 21.2 Å². The fourth-order valence-corrected chi connectivity index (χ4v) is 1.75. The molecule has 0 aromatic heterocycles. The minimum absolute atomic E-state index is 0.209. The molecule has 0 radical (unpaired) electrons. The van der Waals surface area contributed by atoms with Crippen molar-refractivity contribution in [2.75, 3.05) is 6.54 Å². The fraction of sp³-hybridized carbons (Fsp3) is 0.300. The van der Waals surface area contributed by atoms with Crippen LogP contribution >= 0.6 is 15.9 Å². The first-order valence-corrected chi connectivity index (χ1v) is 5.13. The normalized spacial score (nSPS) is 10.1. The summed E-state index contributed by atoms with van der Waals surface area (Å²) in [5.41, 5.74) is 7.33. The zero-order valence-corrected chi connectivity index (χ0v) is 9.60. The SMILES string of the molecule is Cc1ccc(CNCC(N)=O)c(Br)c1. The molecule has 0 aliphatic carbocycles. The van der Waals surface area contributed by atoms with Crippen molar-refractivity contribution in [3.05, 3.63) is 33.8 Å². The zero-order chi connectivity index (χ0) is 10.6. The molecular weight excluding hydrogens is 244 g/mol. The van der Waals surface area contributed by atoms with Gasteiger partial charge >= 0.3 is 0 Å². The van der Waals surface area contributed by atoms with Crippen molar-refractivity contribution >= 4 is 21.8 Å². The second kappa shape index (κ2) is 5.12. The number of benzene rings is 1. The zero-order valence-electron chi connectivity index (χ0n) is 8.01. The van der Waals surface area contributed by atoms with Crippen molar-refractivity contribution in [3.63, 3.8) is 0 Å². The molecule has 3 N–H and O–H groups in total. The van der Waals surface area contributed by atoms with Gasteiger partial charge in [-0.15, -0.1) is 0 Å². The van der Waals surface area contributed by atoms with Crippen LogP contribution in [0.2, 0.25) is 0 Å². The van der Waals surface area contributed by atoms with E-state index in [1.165, 1.54) is 5.56 Å². The lowest BCUT2D eigenvalue weighted by molar-refractivity contribution is -0.117. The van der Waals surface area contributed by atoms with Crippen LogP contribution < -0.4 is 11.1 Å². The molecule has 76 valence electrons. The van der Waals surface area contributed by atoms with E-state index in [0.29, 0.717) is 6.54 Å². The third-order valence-electron chi connectivity index (χ3n) is 1.82. The maximum Gasteiger partial charge on any atom is 0.231 e. The van der Waals surface area contributed by atoms with Gasteiger partial charge in [-0.2, -0.15) is 0 Å². The molecule has 3 nitrogen and oxygen atoms in total. The van der Waals surface area contributed by atoms with E-state index in [0.717, 1.165) is 10.0 Å². The molecule has 1 aromatic rings. The van der Waals surface area contributed by atoms with Crippen LogP contribution in [0.5, 0.6) is 0 Å². The number of halogens is 1. The van der Waals surface area contributed by atoms with Gasteiger partial charge in [-0.1, -0.05) is 28.1 Å². The van der Waals surface area contributed by atoms with Crippen molar-refractivity contribution in [1.29, 1.82) is 0 Å². The molecule has 0 bridgehead atoms. The summed E-state index contributed by atoms with van der Waals surface area (Å²) < 4.78 is 1.05. The average molecular weight is 257 g/mol. The van der Waals surface area contributed by atoms with Crippen LogP contribution in [0.25, 0.3) is 0 Å². The van der Waals surface area contributed by atoms with Gasteiger partial charge in [0.2, 0.25) is 5.91 Å². The molecule has 0 saturated heterocycles. The number of nitrogens with two attached hydrogens (primary N) is 1. The molecule has 1 amide bonds. The van der Waals surface area contributed by atoms with Crippen LogP contribution in [-0.4, -0.2) is 12.5 Å². The molecular formula is C10H13BrN2O. The number of primary amides is 1. The molecule has 1 aromatic carbocycles. The Hall–Kier alpha value is -0.870. The van der Waals surface area contributed by atoms with Crippen molar-refractivity contribution in [1.82, 2.24) is 5.32 Å². The Morgan fingerprint density at radius 1 is 1.57 bits per heavy atom. The first kappa shape index (κ1) is 11.2. The number of aryl methyl sites for hydroxylation is 1. The third kappa shape index (κ3) is 3.47. The highest BCUT2D eigenvalue weighted by Gasteiger charge is 2.00. The average Bonchev–Trinajstić information content (AvgIpc) is 2.08. The Labute approximate surface area is 91.8 Å². The van der Waals surface area contributed by atoms with E-state index in [1.807, 2.05) is 25.1 Å². The molecule has 1 rings (SSSR count). The Morgan fingerprint density at radius 3 is 2.86 bits per heavy atom. The monoisotopic (exact) mass is 256 g/mol.